The van der Waals surface area contributed by atoms with Gasteiger partial charge in [0.15, 0.2) is 12.4 Å². The quantitative estimate of drug-likeness (QED) is 0.624. The SMILES string of the molecule is CC(C)c1cccc(C(C)C)c1NC(=O)COC(=O)CCNC(=O)c1ccco1. The Hall–Kier alpha value is -3.09. The Labute approximate surface area is 170 Å². The molecule has 0 unspecified atom stereocenters. The van der Waals surface area contributed by atoms with Gasteiger partial charge in [-0.05, 0) is 35.1 Å². The van der Waals surface area contributed by atoms with Crippen LogP contribution in [0.4, 0.5) is 5.69 Å². The van der Waals surface area contributed by atoms with Crippen molar-refractivity contribution >= 4 is 23.5 Å². The first-order valence-electron chi connectivity index (χ1n) is 9.69. The highest BCUT2D eigenvalue weighted by Crippen LogP contribution is 2.32. The molecule has 156 valence electrons. The minimum Gasteiger partial charge on any atom is -0.459 e. The predicted octanol–water partition coefficient (Wildman–Crippen LogP) is 3.83. The van der Waals surface area contributed by atoms with Crippen molar-refractivity contribution in [2.45, 2.75) is 46.0 Å². The zero-order valence-corrected chi connectivity index (χ0v) is 17.3. The smallest absolute Gasteiger partial charge is 0.308 e. The van der Waals surface area contributed by atoms with Gasteiger partial charge in [0, 0.05) is 12.2 Å². The van der Waals surface area contributed by atoms with E-state index in [0.29, 0.717) is 0 Å². The summed E-state index contributed by atoms with van der Waals surface area (Å²) in [7, 11) is 0. The van der Waals surface area contributed by atoms with E-state index in [4.69, 9.17) is 9.15 Å². The second-order valence-electron chi connectivity index (χ2n) is 7.31. The van der Waals surface area contributed by atoms with Crippen molar-refractivity contribution in [3.8, 4) is 0 Å². The molecule has 2 aromatic rings. The third-order valence-corrected chi connectivity index (χ3v) is 4.36. The van der Waals surface area contributed by atoms with Crippen LogP contribution in [-0.2, 0) is 14.3 Å². The van der Waals surface area contributed by atoms with E-state index >= 15 is 0 Å². The normalized spacial score (nSPS) is 10.8. The van der Waals surface area contributed by atoms with Crippen molar-refractivity contribution in [2.75, 3.05) is 18.5 Å². The van der Waals surface area contributed by atoms with Gasteiger partial charge < -0.3 is 19.8 Å². The van der Waals surface area contributed by atoms with Gasteiger partial charge in [-0.25, -0.2) is 0 Å². The highest BCUT2D eigenvalue weighted by Gasteiger charge is 2.17. The van der Waals surface area contributed by atoms with E-state index in [9.17, 15) is 14.4 Å². The fourth-order valence-electron chi connectivity index (χ4n) is 2.86. The lowest BCUT2D eigenvalue weighted by atomic mass is 9.92. The molecular formula is C22H28N2O5. The van der Waals surface area contributed by atoms with Crippen molar-refractivity contribution < 1.29 is 23.5 Å². The van der Waals surface area contributed by atoms with Crippen molar-refractivity contribution in [1.29, 1.82) is 0 Å². The van der Waals surface area contributed by atoms with Crippen LogP contribution in [0.15, 0.2) is 41.0 Å². The zero-order valence-electron chi connectivity index (χ0n) is 17.3. The van der Waals surface area contributed by atoms with E-state index in [1.54, 1.807) is 6.07 Å². The van der Waals surface area contributed by atoms with Crippen molar-refractivity contribution in [3.63, 3.8) is 0 Å². The van der Waals surface area contributed by atoms with Crippen molar-refractivity contribution in [2.24, 2.45) is 0 Å². The number of carbonyl (C=O) groups is 3. The van der Waals surface area contributed by atoms with Crippen molar-refractivity contribution in [3.05, 3.63) is 53.5 Å². The van der Waals surface area contributed by atoms with E-state index in [2.05, 4.69) is 38.3 Å². The van der Waals surface area contributed by atoms with Gasteiger partial charge in [0.25, 0.3) is 11.8 Å². The first-order chi connectivity index (χ1) is 13.8. The molecule has 2 rings (SSSR count). The number of nitrogens with one attached hydrogen (secondary N) is 2. The number of benzene rings is 1. The fraction of sp³-hybridized carbons (Fsp3) is 0.409. The lowest BCUT2D eigenvalue weighted by Crippen LogP contribution is -2.27. The Morgan fingerprint density at radius 2 is 1.66 bits per heavy atom. The molecule has 0 aliphatic carbocycles. The topological polar surface area (TPSA) is 97.6 Å². The maximum Gasteiger partial charge on any atom is 0.308 e. The minimum absolute atomic E-state index is 0.0421. The number of hydrogen-bond acceptors (Lipinski definition) is 5. The minimum atomic E-state index is -0.568. The first kappa shape index (κ1) is 22.2. The highest BCUT2D eigenvalue weighted by molar-refractivity contribution is 5.94. The number of ether oxygens (including phenoxy) is 1. The number of esters is 1. The summed E-state index contributed by atoms with van der Waals surface area (Å²) in [4.78, 5) is 35.9. The van der Waals surface area contributed by atoms with E-state index < -0.39 is 17.8 Å². The molecule has 7 nitrogen and oxygen atoms in total. The molecule has 0 bridgehead atoms. The molecule has 7 heteroatoms. The van der Waals surface area contributed by atoms with E-state index in [1.807, 2.05) is 18.2 Å². The molecule has 2 N–H and O–H groups in total. The third kappa shape index (κ3) is 6.48. The molecule has 2 amide bonds. The Balaban J connectivity index is 1.84. The van der Waals surface area contributed by atoms with Gasteiger partial charge in [-0.15, -0.1) is 0 Å². The molecule has 1 aromatic carbocycles. The fourth-order valence-corrected chi connectivity index (χ4v) is 2.86. The van der Waals surface area contributed by atoms with Crippen molar-refractivity contribution in [1.82, 2.24) is 5.32 Å². The second-order valence-corrected chi connectivity index (χ2v) is 7.31. The Kier molecular flexibility index (Phi) is 8.00. The van der Waals surface area contributed by atoms with Gasteiger partial charge in [0.05, 0.1) is 12.7 Å². The first-order valence-corrected chi connectivity index (χ1v) is 9.69. The number of hydrogen-bond donors (Lipinski definition) is 2. The van der Waals surface area contributed by atoms with Gasteiger partial charge in [-0.3, -0.25) is 14.4 Å². The molecule has 0 saturated heterocycles. The summed E-state index contributed by atoms with van der Waals surface area (Å²) in [6, 6.07) is 9.08. The number of rotatable bonds is 9. The van der Waals surface area contributed by atoms with E-state index in [1.165, 1.54) is 12.3 Å². The summed E-state index contributed by atoms with van der Waals surface area (Å²) >= 11 is 0. The van der Waals surface area contributed by atoms with Gasteiger partial charge in [-0.2, -0.15) is 0 Å². The summed E-state index contributed by atoms with van der Waals surface area (Å²) in [5.74, 6) is -0.725. The monoisotopic (exact) mass is 400 g/mol. The lowest BCUT2D eigenvalue weighted by Gasteiger charge is -2.20. The molecule has 0 fully saturated rings. The number of anilines is 1. The number of amides is 2. The van der Waals surface area contributed by atoms with Crippen LogP contribution in [-0.4, -0.2) is 30.9 Å². The maximum atomic E-state index is 12.3. The lowest BCUT2D eigenvalue weighted by molar-refractivity contribution is -0.147. The largest absolute Gasteiger partial charge is 0.459 e. The number of para-hydroxylation sites is 1. The molecule has 29 heavy (non-hydrogen) atoms. The van der Waals surface area contributed by atoms with Crippen LogP contribution in [0.25, 0.3) is 0 Å². The van der Waals surface area contributed by atoms with Crippen LogP contribution in [0.1, 0.15) is 67.6 Å². The number of furan rings is 1. The Morgan fingerprint density at radius 1 is 1.00 bits per heavy atom. The average Bonchev–Trinajstić information content (AvgIpc) is 3.21. The molecule has 1 aromatic heterocycles. The molecule has 0 saturated carbocycles. The summed E-state index contributed by atoms with van der Waals surface area (Å²) in [5, 5.41) is 5.44. The molecule has 0 aliphatic heterocycles. The molecule has 0 aliphatic rings. The summed E-state index contributed by atoms with van der Waals surface area (Å²) in [6.45, 7) is 7.96. The van der Waals surface area contributed by atoms with E-state index in [0.717, 1.165) is 16.8 Å². The second kappa shape index (κ2) is 10.5. The third-order valence-electron chi connectivity index (χ3n) is 4.36. The summed E-state index contributed by atoms with van der Waals surface area (Å²) in [5.41, 5.74) is 2.86. The van der Waals surface area contributed by atoms with Gasteiger partial charge in [-0.1, -0.05) is 45.9 Å². The van der Waals surface area contributed by atoms with Crippen LogP contribution >= 0.6 is 0 Å². The van der Waals surface area contributed by atoms with Crippen LogP contribution in [0, 0.1) is 0 Å². The van der Waals surface area contributed by atoms with Crippen LogP contribution < -0.4 is 10.6 Å². The highest BCUT2D eigenvalue weighted by atomic mass is 16.5. The predicted molar refractivity (Wildman–Crippen MR) is 110 cm³/mol. The molecule has 0 spiro atoms. The summed E-state index contributed by atoms with van der Waals surface area (Å²) < 4.78 is 9.98. The standard InChI is InChI=1S/C22H28N2O5/c1-14(2)16-7-5-8-17(15(3)4)21(16)24-19(25)13-29-20(26)10-11-23-22(27)18-9-6-12-28-18/h5-9,12,14-15H,10-11,13H2,1-4H3,(H,23,27)(H,24,25). The molecule has 1 heterocycles. The summed E-state index contributed by atoms with van der Waals surface area (Å²) in [6.07, 6.45) is 1.35. The molecular weight excluding hydrogens is 372 g/mol. The van der Waals surface area contributed by atoms with Gasteiger partial charge in [0.1, 0.15) is 0 Å². The Bertz CT molecular complexity index is 815. The van der Waals surface area contributed by atoms with Crippen LogP contribution in [0.3, 0.4) is 0 Å². The van der Waals surface area contributed by atoms with Gasteiger partial charge >= 0.3 is 5.97 Å². The Morgan fingerprint density at radius 3 is 2.21 bits per heavy atom. The maximum absolute atomic E-state index is 12.3. The van der Waals surface area contributed by atoms with Gasteiger partial charge in [0.2, 0.25) is 0 Å². The van der Waals surface area contributed by atoms with E-state index in [-0.39, 0.29) is 37.2 Å². The molecule has 0 radical (unpaired) electrons. The zero-order chi connectivity index (χ0) is 21.4. The average molecular weight is 400 g/mol. The molecule has 0 atom stereocenters. The van der Waals surface area contributed by atoms with Crippen LogP contribution in [0.5, 0.6) is 0 Å². The number of carbonyl (C=O) groups excluding carboxylic acids is 3. The van der Waals surface area contributed by atoms with Crippen LogP contribution in [0.2, 0.25) is 0 Å².